The van der Waals surface area contributed by atoms with Gasteiger partial charge in [0.2, 0.25) is 5.87 Å². The zero-order valence-corrected chi connectivity index (χ0v) is 50.6. The zero-order chi connectivity index (χ0) is 48.4. The predicted octanol–water partition coefficient (Wildman–Crippen LogP) is 8.20. The molecule has 0 fully saturated rings. The van der Waals surface area contributed by atoms with E-state index in [9.17, 15) is 14.4 Å². The van der Waals surface area contributed by atoms with Crippen molar-refractivity contribution in [2.45, 2.75) is 86.5 Å². The Bertz CT molecular complexity index is 1590. The van der Waals surface area contributed by atoms with Gasteiger partial charge in [-0.1, -0.05) is 0 Å². The predicted molar refractivity (Wildman–Crippen MR) is 291 cm³/mol. The number of Topliss-reactive ketones (excluding diaryl/α,β-unsaturated/α-hetero) is 1. The van der Waals surface area contributed by atoms with Crippen LogP contribution < -0.4 is 47.1 Å². The topological polar surface area (TPSA) is 198 Å². The first-order valence-electron chi connectivity index (χ1n) is 19.7. The number of carbonyl (C=O) groups excluding carboxylic acids is 3. The van der Waals surface area contributed by atoms with E-state index in [-0.39, 0.29) is 49.9 Å². The summed E-state index contributed by atoms with van der Waals surface area (Å²) < 4.78 is 21.5. The molecule has 0 saturated heterocycles. The molecule has 0 aliphatic heterocycles. The summed E-state index contributed by atoms with van der Waals surface area (Å²) in [6.45, 7) is 21.6. The molecule has 0 aliphatic carbocycles. The Morgan fingerprint density at radius 3 is 1.30 bits per heavy atom. The van der Waals surface area contributed by atoms with Crippen LogP contribution in [0.25, 0.3) is 0 Å². The van der Waals surface area contributed by atoms with Crippen LogP contribution in [0.4, 0.5) is 43.7 Å². The third-order valence-corrected chi connectivity index (χ3v) is 6.97. The summed E-state index contributed by atoms with van der Waals surface area (Å²) in [6.07, 6.45) is -1.06. The second-order valence-corrected chi connectivity index (χ2v) is 21.3. The van der Waals surface area contributed by atoms with Crippen LogP contribution in [0.1, 0.15) is 69.2 Å². The number of likely N-dealkylation sites (N-methyl/N-ethyl adjacent to an activating group) is 4. The molecule has 2 aromatic rings. The molecule has 4 unspecified atom stereocenters. The van der Waals surface area contributed by atoms with Crippen molar-refractivity contribution in [2.75, 3.05) is 114 Å². The monoisotopic (exact) mass is 1050 g/mol. The molecule has 2 aromatic carbocycles. The van der Waals surface area contributed by atoms with Gasteiger partial charge in [-0.25, -0.2) is 9.59 Å². The minimum Gasteiger partial charge on any atom is -0.494 e. The number of nitrogen functional groups attached to an aromatic ring is 1. The van der Waals surface area contributed by atoms with Gasteiger partial charge >= 0.3 is 12.2 Å². The second-order valence-electron chi connectivity index (χ2n) is 16.7. The van der Waals surface area contributed by atoms with Crippen LogP contribution in [0.5, 0.6) is 11.5 Å². The van der Waals surface area contributed by atoms with E-state index in [1.54, 1.807) is 41.1 Å². The van der Waals surface area contributed by atoms with Crippen molar-refractivity contribution in [3.63, 3.8) is 0 Å². The van der Waals surface area contributed by atoms with Gasteiger partial charge in [0.15, 0.2) is 0 Å². The molecule has 0 spiro atoms. The van der Waals surface area contributed by atoms with E-state index in [1.807, 2.05) is 76.3 Å². The molecule has 64 heavy (non-hydrogen) atoms. The first-order chi connectivity index (χ1) is 27.9. The van der Waals surface area contributed by atoms with E-state index in [2.05, 4.69) is 98.4 Å². The smallest absolute Gasteiger partial charge is 0.412 e. The number of carbonyl (C=O) groups is 3. The number of nitrogens with zero attached hydrogens (tertiary/aromatic N) is 4. The number of methoxy groups -OCH3 is 2. The van der Waals surface area contributed by atoms with E-state index in [0.29, 0.717) is 34.4 Å². The largest absolute Gasteiger partial charge is 0.494 e. The standard InChI is InChI=1S/C20H36N4O3.C17H30N4O3.C3H6O.BH6P3.BH2P.ClH.H3N.Zn/c1-14(2)21-15-12-16(22-19(25)27-20(3,4)5)18(26-9)13-17(15)24(8)11-10-23(6)7;1-17(2,3)24-16(22)19-13-10-12(18)14(11-15(13)23-7)21(6)9-8-20(4)5;1-3(2)4;2-1(3)4;1-2;;;/h12-14,21H,10-11H2,1-9H3,(H,22,25);10-11H,8-9,18H2,1-7H3,(H,19,22);1-2H3;2-4H2;2H2;1H;1H3;. The second kappa shape index (κ2) is 38.1. The van der Waals surface area contributed by atoms with Crippen molar-refractivity contribution in [1.29, 1.82) is 0 Å². The number of anilines is 6. The number of benzene rings is 2. The van der Waals surface area contributed by atoms with Gasteiger partial charge in [-0.05, 0) is 110 Å². The first-order valence-corrected chi connectivity index (χ1v) is 22.3. The molecule has 4 atom stereocenters. The van der Waals surface area contributed by atoms with Crippen molar-refractivity contribution in [2.24, 2.45) is 0 Å². The van der Waals surface area contributed by atoms with Crippen LogP contribution in [0.3, 0.4) is 0 Å². The molecule has 2 rings (SSSR count). The van der Waals surface area contributed by atoms with Crippen LogP contribution in [-0.4, -0.2) is 141 Å². The Balaban J connectivity index is -0.000000210. The Hall–Kier alpha value is -1.91. The number of hydrogen-bond acceptors (Lipinski definition) is 14. The number of ketones is 1. The minimum absolute atomic E-state index is 0. The van der Waals surface area contributed by atoms with E-state index in [1.165, 1.54) is 13.8 Å². The molecular weight excluding hydrogens is 965 g/mol. The Kier molecular flexibility index (Phi) is 43.9. The number of rotatable bonds is 14. The van der Waals surface area contributed by atoms with Crippen molar-refractivity contribution in [3.05, 3.63) is 24.3 Å². The summed E-state index contributed by atoms with van der Waals surface area (Å²) in [5, 5.41) is 8.93. The fourth-order valence-corrected chi connectivity index (χ4v) is 4.53. The third kappa shape index (κ3) is 38.2. The van der Waals surface area contributed by atoms with Gasteiger partial charge in [0, 0.05) is 77.9 Å². The third-order valence-electron chi connectivity index (χ3n) is 6.97. The fraction of sp³-hybridized carbons (Fsp3) is 0.625. The van der Waals surface area contributed by atoms with E-state index >= 15 is 0 Å². The summed E-state index contributed by atoms with van der Waals surface area (Å²) in [4.78, 5) is 42.1. The van der Waals surface area contributed by atoms with Crippen LogP contribution in [0.15, 0.2) is 24.3 Å². The van der Waals surface area contributed by atoms with E-state index in [4.69, 9.17) is 24.7 Å². The molecule has 8 N–H and O–H groups in total. The molecule has 2 radical (unpaired) electrons. The van der Waals surface area contributed by atoms with Crippen molar-refractivity contribution in [1.82, 2.24) is 16.0 Å². The van der Waals surface area contributed by atoms with Crippen LogP contribution in [0.2, 0.25) is 0 Å². The Morgan fingerprint density at radius 2 is 1.00 bits per heavy atom. The Morgan fingerprint density at radius 1 is 0.688 bits per heavy atom. The number of nitrogens with two attached hydrogens (primary N) is 1. The van der Waals surface area contributed by atoms with Gasteiger partial charge in [0.05, 0.1) is 55.9 Å². The molecule has 0 aliphatic rings. The molecule has 0 heterocycles. The maximum atomic E-state index is 12.2. The van der Waals surface area contributed by atoms with Gasteiger partial charge in [-0.15, -0.1) is 12.4 Å². The van der Waals surface area contributed by atoms with Gasteiger partial charge in [-0.2, -0.15) is 36.5 Å². The zero-order valence-electron chi connectivity index (χ0n) is 42.2. The van der Waals surface area contributed by atoms with Crippen molar-refractivity contribution >= 4 is 114 Å². The molecule has 0 aromatic heterocycles. The summed E-state index contributed by atoms with van der Waals surface area (Å²) in [5.41, 5.74) is 9.41. The summed E-state index contributed by atoms with van der Waals surface area (Å²) in [7, 11) is 29.4. The van der Waals surface area contributed by atoms with Gasteiger partial charge in [0.1, 0.15) is 28.5 Å². The number of amides is 2. The van der Waals surface area contributed by atoms with Crippen molar-refractivity contribution in [3.8, 4) is 11.5 Å². The Labute approximate surface area is 417 Å². The molecule has 0 saturated carbocycles. The average molecular weight is 1050 g/mol. The average Bonchev–Trinajstić information content (AvgIpc) is 3.08. The van der Waals surface area contributed by atoms with Crippen LogP contribution in [0, 0.1) is 0 Å². The fourth-order valence-electron chi connectivity index (χ4n) is 4.53. The number of halogens is 1. The van der Waals surface area contributed by atoms with Gasteiger partial charge in [0.25, 0.3) is 0 Å². The first kappa shape index (κ1) is 73.7. The molecule has 24 heteroatoms. The van der Waals surface area contributed by atoms with Crippen LogP contribution >= 0.6 is 48.9 Å². The van der Waals surface area contributed by atoms with Gasteiger partial charge in [-0.3, -0.25) is 10.6 Å². The maximum Gasteiger partial charge on any atom is 0.412 e. The SMILES string of the molecule is CC(C)=O.COc1cc(N(C)CCN(C)C)c(N)cc1NC(=O)OC(C)(C)C.COc1cc(N(C)CCN(C)C)c(NC(C)C)cc1NC(=O)OC(C)(C)C.Cl.N.PB(P)P.[B]P.[Zn]. The summed E-state index contributed by atoms with van der Waals surface area (Å²) in [5.74, 6) is 1.86. The number of nitrogens with one attached hydrogen (secondary N) is 3. The quantitative estimate of drug-likeness (QED) is 0.0690. The molecule has 2 amide bonds. The van der Waals surface area contributed by atoms with E-state index < -0.39 is 23.4 Å². The molecule has 16 nitrogen and oxygen atoms in total. The van der Waals surface area contributed by atoms with Gasteiger partial charge < -0.3 is 60.5 Å². The maximum absolute atomic E-state index is 12.2. The van der Waals surface area contributed by atoms with E-state index in [0.717, 1.165) is 43.2 Å². The molecule has 0 bridgehead atoms. The summed E-state index contributed by atoms with van der Waals surface area (Å²) in [6, 6.07) is 7.58. The minimum atomic E-state index is -0.574. The molecular formula is C40H84B2ClN9O7P4Zn. The number of ether oxygens (including phenoxy) is 4. The summed E-state index contributed by atoms with van der Waals surface area (Å²) >= 11 is 0. The van der Waals surface area contributed by atoms with Crippen molar-refractivity contribution < 1.29 is 52.8 Å². The van der Waals surface area contributed by atoms with Crippen LogP contribution in [-0.2, 0) is 33.7 Å². The number of hydrogen-bond donors (Lipinski definition) is 5. The molecule has 366 valence electrons. The normalized spacial score (nSPS) is 10.0.